The van der Waals surface area contributed by atoms with Crippen LogP contribution in [0.15, 0.2) is 27.1 Å². The summed E-state index contributed by atoms with van der Waals surface area (Å²) in [5.41, 5.74) is 0.955. The average molecular weight is 441 g/mol. The number of nitrogens with one attached hydrogen (secondary N) is 1. The summed E-state index contributed by atoms with van der Waals surface area (Å²) in [7, 11) is -3.63. The molecule has 28 heavy (non-hydrogen) atoms. The number of rotatable bonds is 6. The Morgan fingerprint density at radius 3 is 2.75 bits per heavy atom. The largest absolute Gasteiger partial charge is 0.301 e. The SMILES string of the molecule is O=C(Nc1nc(CN2CCCCC2)cs1)C1CCCN1S(=O)(=O)c1cccs1. The lowest BCUT2D eigenvalue weighted by atomic mass is 10.1. The van der Waals surface area contributed by atoms with Crippen molar-refractivity contribution < 1.29 is 13.2 Å². The molecule has 2 aliphatic heterocycles. The van der Waals surface area contributed by atoms with E-state index < -0.39 is 16.1 Å². The normalized spacial score (nSPS) is 21.8. The molecule has 0 radical (unpaired) electrons. The van der Waals surface area contributed by atoms with Crippen molar-refractivity contribution in [3.05, 3.63) is 28.6 Å². The highest BCUT2D eigenvalue weighted by Crippen LogP contribution is 2.29. The van der Waals surface area contributed by atoms with Gasteiger partial charge in [0.25, 0.3) is 10.0 Å². The molecule has 0 aromatic carbocycles. The van der Waals surface area contributed by atoms with Gasteiger partial charge in [0, 0.05) is 18.5 Å². The van der Waals surface area contributed by atoms with Crippen LogP contribution in [0, 0.1) is 0 Å². The number of carbonyl (C=O) groups is 1. The fourth-order valence-corrected chi connectivity index (χ4v) is 7.27. The lowest BCUT2D eigenvalue weighted by Gasteiger charge is -2.25. The maximum Gasteiger partial charge on any atom is 0.253 e. The minimum absolute atomic E-state index is 0.283. The van der Waals surface area contributed by atoms with Crippen molar-refractivity contribution >= 4 is 43.7 Å². The van der Waals surface area contributed by atoms with Gasteiger partial charge < -0.3 is 5.32 Å². The first-order chi connectivity index (χ1) is 13.5. The van der Waals surface area contributed by atoms with E-state index >= 15 is 0 Å². The first kappa shape index (κ1) is 20.0. The van der Waals surface area contributed by atoms with Gasteiger partial charge in [0.05, 0.1) is 5.69 Å². The number of nitrogens with zero attached hydrogens (tertiary/aromatic N) is 3. The Hall–Kier alpha value is -1.33. The highest BCUT2D eigenvalue weighted by atomic mass is 32.2. The zero-order chi connectivity index (χ0) is 19.6. The predicted octanol–water partition coefficient (Wildman–Crippen LogP) is 2.98. The lowest BCUT2D eigenvalue weighted by Crippen LogP contribution is -2.42. The van der Waals surface area contributed by atoms with Crippen molar-refractivity contribution in [1.82, 2.24) is 14.2 Å². The first-order valence-corrected chi connectivity index (χ1v) is 12.8. The summed E-state index contributed by atoms with van der Waals surface area (Å²) in [6.07, 6.45) is 4.96. The standard InChI is InChI=1S/C18H24N4O3S3/c23-17(15-6-4-10-22(15)28(24,25)16-7-5-11-26-16)20-18-19-14(13-27-18)12-21-8-2-1-3-9-21/h5,7,11,13,15H,1-4,6,8-10,12H2,(H,19,20,23). The van der Waals surface area contributed by atoms with E-state index in [2.05, 4.69) is 15.2 Å². The summed E-state index contributed by atoms with van der Waals surface area (Å²) in [6.45, 7) is 3.36. The van der Waals surface area contributed by atoms with Gasteiger partial charge in [0.1, 0.15) is 10.3 Å². The number of anilines is 1. The molecule has 2 aromatic rings. The molecule has 1 atom stereocenters. The van der Waals surface area contributed by atoms with Crippen LogP contribution in [0.5, 0.6) is 0 Å². The minimum atomic E-state index is -3.63. The second-order valence-electron chi connectivity index (χ2n) is 7.18. The third kappa shape index (κ3) is 4.30. The number of sulfonamides is 1. The van der Waals surface area contributed by atoms with Gasteiger partial charge in [-0.15, -0.1) is 22.7 Å². The lowest BCUT2D eigenvalue weighted by molar-refractivity contribution is -0.119. The van der Waals surface area contributed by atoms with Gasteiger partial charge in [-0.1, -0.05) is 12.5 Å². The first-order valence-electron chi connectivity index (χ1n) is 9.57. The molecule has 4 heterocycles. The van der Waals surface area contributed by atoms with Gasteiger partial charge in [-0.3, -0.25) is 9.69 Å². The maximum atomic E-state index is 12.8. The molecule has 152 valence electrons. The molecule has 2 saturated heterocycles. The van der Waals surface area contributed by atoms with Crippen LogP contribution < -0.4 is 5.32 Å². The van der Waals surface area contributed by atoms with E-state index in [1.54, 1.807) is 17.5 Å². The molecule has 2 aliphatic rings. The van der Waals surface area contributed by atoms with Crippen LogP contribution in [0.1, 0.15) is 37.8 Å². The molecule has 1 amide bonds. The van der Waals surface area contributed by atoms with Gasteiger partial charge in [0.15, 0.2) is 5.13 Å². The summed E-state index contributed by atoms with van der Waals surface area (Å²) >= 11 is 2.57. The third-order valence-electron chi connectivity index (χ3n) is 5.18. The van der Waals surface area contributed by atoms with E-state index in [1.165, 1.54) is 46.2 Å². The van der Waals surface area contributed by atoms with Gasteiger partial charge in [0.2, 0.25) is 5.91 Å². The van der Waals surface area contributed by atoms with E-state index in [9.17, 15) is 13.2 Å². The fourth-order valence-electron chi connectivity index (χ4n) is 3.79. The van der Waals surface area contributed by atoms with Crippen LogP contribution in [0.4, 0.5) is 5.13 Å². The molecule has 1 N–H and O–H groups in total. The second kappa shape index (κ2) is 8.58. The number of hydrogen-bond donors (Lipinski definition) is 1. The number of thiazole rings is 1. The number of aromatic nitrogens is 1. The predicted molar refractivity (Wildman–Crippen MR) is 111 cm³/mol. The van der Waals surface area contributed by atoms with Crippen molar-refractivity contribution in [2.45, 2.75) is 48.9 Å². The average Bonchev–Trinajstić information content (AvgIpc) is 3.44. The third-order valence-corrected chi connectivity index (χ3v) is 9.27. The second-order valence-corrected chi connectivity index (χ2v) is 11.1. The quantitative estimate of drug-likeness (QED) is 0.747. The smallest absolute Gasteiger partial charge is 0.253 e. The van der Waals surface area contributed by atoms with Crippen LogP contribution in [-0.4, -0.2) is 54.2 Å². The Labute approximate surface area is 173 Å². The number of piperidine rings is 1. The van der Waals surface area contributed by atoms with Crippen LogP contribution in [0.25, 0.3) is 0 Å². The molecule has 0 bridgehead atoms. The zero-order valence-electron chi connectivity index (χ0n) is 15.5. The molecule has 2 fully saturated rings. The number of hydrogen-bond acceptors (Lipinski definition) is 7. The Kier molecular flexibility index (Phi) is 6.12. The summed E-state index contributed by atoms with van der Waals surface area (Å²) in [6, 6.07) is 2.62. The highest BCUT2D eigenvalue weighted by molar-refractivity contribution is 7.91. The molecule has 0 saturated carbocycles. The molecule has 10 heteroatoms. The summed E-state index contributed by atoms with van der Waals surface area (Å²) in [5.74, 6) is -0.295. The Bertz CT molecular complexity index is 904. The number of likely N-dealkylation sites (tertiary alicyclic amines) is 1. The number of thiophene rings is 1. The van der Waals surface area contributed by atoms with Crippen LogP contribution in [0.3, 0.4) is 0 Å². The van der Waals surface area contributed by atoms with Crippen LogP contribution in [-0.2, 0) is 21.4 Å². The Morgan fingerprint density at radius 2 is 2.00 bits per heavy atom. The van der Waals surface area contributed by atoms with Crippen LogP contribution in [0.2, 0.25) is 0 Å². The van der Waals surface area contributed by atoms with E-state index in [0.717, 1.165) is 25.3 Å². The molecule has 2 aromatic heterocycles. The Morgan fingerprint density at radius 1 is 1.18 bits per heavy atom. The van der Waals surface area contributed by atoms with E-state index in [1.807, 2.05) is 5.38 Å². The molecular weight excluding hydrogens is 416 g/mol. The van der Waals surface area contributed by atoms with E-state index in [4.69, 9.17) is 0 Å². The van der Waals surface area contributed by atoms with Gasteiger partial charge in [-0.2, -0.15) is 4.31 Å². The van der Waals surface area contributed by atoms with Gasteiger partial charge in [-0.05, 0) is 50.2 Å². The zero-order valence-corrected chi connectivity index (χ0v) is 18.0. The molecular formula is C18H24N4O3S3. The molecule has 4 rings (SSSR count). The summed E-state index contributed by atoms with van der Waals surface area (Å²) < 4.78 is 27.3. The number of carbonyl (C=O) groups excluding carboxylic acids is 1. The topological polar surface area (TPSA) is 82.6 Å². The molecule has 1 unspecified atom stereocenters. The summed E-state index contributed by atoms with van der Waals surface area (Å²) in [4.78, 5) is 19.7. The molecule has 7 nitrogen and oxygen atoms in total. The Balaban J connectivity index is 1.40. The van der Waals surface area contributed by atoms with Crippen molar-refractivity contribution in [3.8, 4) is 0 Å². The summed E-state index contributed by atoms with van der Waals surface area (Å²) in [5, 5.41) is 7.08. The van der Waals surface area contributed by atoms with Gasteiger partial charge >= 0.3 is 0 Å². The van der Waals surface area contributed by atoms with E-state index in [0.29, 0.717) is 24.5 Å². The van der Waals surface area contributed by atoms with E-state index in [-0.39, 0.29) is 10.1 Å². The van der Waals surface area contributed by atoms with Crippen molar-refractivity contribution in [2.75, 3.05) is 25.0 Å². The number of amides is 1. The maximum absolute atomic E-state index is 12.8. The minimum Gasteiger partial charge on any atom is -0.301 e. The molecule has 0 spiro atoms. The monoisotopic (exact) mass is 440 g/mol. The fraction of sp³-hybridized carbons (Fsp3) is 0.556. The molecule has 0 aliphatic carbocycles. The van der Waals surface area contributed by atoms with Gasteiger partial charge in [-0.25, -0.2) is 13.4 Å². The van der Waals surface area contributed by atoms with Crippen LogP contribution >= 0.6 is 22.7 Å². The highest BCUT2D eigenvalue weighted by Gasteiger charge is 2.40. The van der Waals surface area contributed by atoms with Crippen molar-refractivity contribution in [3.63, 3.8) is 0 Å². The van der Waals surface area contributed by atoms with Crippen molar-refractivity contribution in [2.24, 2.45) is 0 Å². The van der Waals surface area contributed by atoms with Crippen molar-refractivity contribution in [1.29, 1.82) is 0 Å².